The van der Waals surface area contributed by atoms with Crippen molar-refractivity contribution in [2.24, 2.45) is 5.92 Å². The van der Waals surface area contributed by atoms with Gasteiger partial charge in [0, 0.05) is 18.0 Å². The molecule has 0 aliphatic rings. The van der Waals surface area contributed by atoms with Crippen molar-refractivity contribution in [3.05, 3.63) is 35.4 Å². The molecule has 1 aromatic rings. The molecular formula is C14H18ClF2NO. The van der Waals surface area contributed by atoms with Crippen molar-refractivity contribution in [1.29, 1.82) is 0 Å². The van der Waals surface area contributed by atoms with E-state index < -0.39 is 11.6 Å². The standard InChI is InChI=1S/C14H18ClF2NO/c1-9(2)13(5-6-15)18-14(19)7-10-3-4-11(16)8-12(10)17/h3-4,8-9,13H,5-7H2,1-2H3,(H,18,19). The first-order valence-electron chi connectivity index (χ1n) is 6.23. The molecule has 0 bridgehead atoms. The summed E-state index contributed by atoms with van der Waals surface area (Å²) in [5.41, 5.74) is 0.187. The van der Waals surface area contributed by atoms with Gasteiger partial charge in [0.05, 0.1) is 6.42 Å². The average Bonchev–Trinajstić information content (AvgIpc) is 2.32. The molecule has 1 unspecified atom stereocenters. The van der Waals surface area contributed by atoms with Crippen molar-refractivity contribution in [2.75, 3.05) is 5.88 Å². The van der Waals surface area contributed by atoms with Crippen LogP contribution in [0.15, 0.2) is 18.2 Å². The Morgan fingerprint density at radius 2 is 2.05 bits per heavy atom. The fourth-order valence-electron chi connectivity index (χ4n) is 1.79. The highest BCUT2D eigenvalue weighted by Gasteiger charge is 2.16. The number of halogens is 3. The average molecular weight is 290 g/mol. The van der Waals surface area contributed by atoms with Crippen molar-refractivity contribution in [3.63, 3.8) is 0 Å². The van der Waals surface area contributed by atoms with E-state index in [2.05, 4.69) is 5.32 Å². The second-order valence-electron chi connectivity index (χ2n) is 4.81. The van der Waals surface area contributed by atoms with Gasteiger partial charge in [0.2, 0.25) is 5.91 Å². The molecule has 1 N–H and O–H groups in total. The van der Waals surface area contributed by atoms with Crippen LogP contribution in [0.5, 0.6) is 0 Å². The molecular weight excluding hydrogens is 272 g/mol. The Morgan fingerprint density at radius 1 is 1.37 bits per heavy atom. The van der Waals surface area contributed by atoms with E-state index in [-0.39, 0.29) is 29.9 Å². The van der Waals surface area contributed by atoms with Gasteiger partial charge in [-0.15, -0.1) is 11.6 Å². The number of hydrogen-bond acceptors (Lipinski definition) is 1. The molecule has 1 amide bonds. The van der Waals surface area contributed by atoms with E-state index >= 15 is 0 Å². The summed E-state index contributed by atoms with van der Waals surface area (Å²) in [6.07, 6.45) is 0.564. The molecule has 0 heterocycles. The van der Waals surface area contributed by atoms with E-state index in [1.54, 1.807) is 0 Å². The van der Waals surface area contributed by atoms with Gasteiger partial charge in [-0.05, 0) is 24.0 Å². The van der Waals surface area contributed by atoms with E-state index in [0.717, 1.165) is 12.1 Å². The number of hydrogen-bond donors (Lipinski definition) is 1. The van der Waals surface area contributed by atoms with Gasteiger partial charge >= 0.3 is 0 Å². The number of benzene rings is 1. The van der Waals surface area contributed by atoms with E-state index in [4.69, 9.17) is 11.6 Å². The summed E-state index contributed by atoms with van der Waals surface area (Å²) in [6.45, 7) is 3.96. The quantitative estimate of drug-likeness (QED) is 0.800. The zero-order valence-corrected chi connectivity index (χ0v) is 11.8. The predicted octanol–water partition coefficient (Wildman–Crippen LogP) is 3.28. The van der Waals surface area contributed by atoms with Gasteiger partial charge in [0.25, 0.3) is 0 Å². The van der Waals surface area contributed by atoms with Gasteiger partial charge in [-0.3, -0.25) is 4.79 Å². The fourth-order valence-corrected chi connectivity index (χ4v) is 2.02. The first-order chi connectivity index (χ1) is 8.93. The molecule has 0 saturated heterocycles. The normalized spacial score (nSPS) is 12.5. The smallest absolute Gasteiger partial charge is 0.224 e. The molecule has 0 aromatic heterocycles. The van der Waals surface area contributed by atoms with Crippen LogP contribution >= 0.6 is 11.6 Å². The van der Waals surface area contributed by atoms with Crippen molar-refractivity contribution in [3.8, 4) is 0 Å². The zero-order valence-electron chi connectivity index (χ0n) is 11.1. The lowest BCUT2D eigenvalue weighted by Gasteiger charge is -2.21. The zero-order chi connectivity index (χ0) is 14.4. The number of amides is 1. The second kappa shape index (κ2) is 7.43. The highest BCUT2D eigenvalue weighted by atomic mass is 35.5. The molecule has 1 rings (SSSR count). The lowest BCUT2D eigenvalue weighted by Crippen LogP contribution is -2.39. The Kier molecular flexibility index (Phi) is 6.22. The minimum absolute atomic E-state index is 0.0338. The summed E-state index contributed by atoms with van der Waals surface area (Å²) < 4.78 is 26.2. The molecule has 0 aliphatic carbocycles. The van der Waals surface area contributed by atoms with Gasteiger partial charge in [-0.1, -0.05) is 19.9 Å². The van der Waals surface area contributed by atoms with Crippen molar-refractivity contribution < 1.29 is 13.6 Å². The number of rotatable bonds is 6. The Balaban J connectivity index is 2.63. The van der Waals surface area contributed by atoms with Gasteiger partial charge in [-0.2, -0.15) is 0 Å². The highest BCUT2D eigenvalue weighted by Crippen LogP contribution is 2.12. The number of nitrogens with one attached hydrogen (secondary N) is 1. The summed E-state index contributed by atoms with van der Waals surface area (Å²) >= 11 is 5.67. The van der Waals surface area contributed by atoms with Crippen LogP contribution in [0.25, 0.3) is 0 Å². The van der Waals surface area contributed by atoms with Crippen LogP contribution in [0.4, 0.5) is 8.78 Å². The van der Waals surface area contributed by atoms with Gasteiger partial charge in [-0.25, -0.2) is 8.78 Å². The van der Waals surface area contributed by atoms with E-state index in [0.29, 0.717) is 12.3 Å². The monoisotopic (exact) mass is 289 g/mol. The largest absolute Gasteiger partial charge is 0.353 e. The van der Waals surface area contributed by atoms with Crippen LogP contribution in [0.2, 0.25) is 0 Å². The van der Waals surface area contributed by atoms with Crippen LogP contribution in [0.1, 0.15) is 25.8 Å². The summed E-state index contributed by atoms with van der Waals surface area (Å²) in [4.78, 5) is 11.8. The van der Waals surface area contributed by atoms with Gasteiger partial charge < -0.3 is 5.32 Å². The third-order valence-electron chi connectivity index (χ3n) is 2.94. The fraction of sp³-hybridized carbons (Fsp3) is 0.500. The van der Waals surface area contributed by atoms with Crippen LogP contribution in [-0.2, 0) is 11.2 Å². The minimum Gasteiger partial charge on any atom is -0.353 e. The molecule has 0 radical (unpaired) electrons. The maximum absolute atomic E-state index is 13.4. The molecule has 0 fully saturated rings. The van der Waals surface area contributed by atoms with E-state index in [1.807, 2.05) is 13.8 Å². The molecule has 1 atom stereocenters. The number of alkyl halides is 1. The minimum atomic E-state index is -0.700. The predicted molar refractivity (Wildman–Crippen MR) is 72.2 cm³/mol. The SMILES string of the molecule is CC(C)C(CCCl)NC(=O)Cc1ccc(F)cc1F. The third-order valence-corrected chi connectivity index (χ3v) is 3.16. The molecule has 1 aromatic carbocycles. The maximum Gasteiger partial charge on any atom is 0.224 e. The summed E-state index contributed by atoms with van der Waals surface area (Å²) in [6, 6.07) is 3.18. The summed E-state index contributed by atoms with van der Waals surface area (Å²) in [5, 5.41) is 2.82. The molecule has 0 saturated carbocycles. The number of carbonyl (C=O) groups is 1. The molecule has 106 valence electrons. The summed E-state index contributed by atoms with van der Waals surface area (Å²) in [7, 11) is 0. The summed E-state index contributed by atoms with van der Waals surface area (Å²) in [5.74, 6) is -0.929. The van der Waals surface area contributed by atoms with E-state index in [1.165, 1.54) is 6.07 Å². The topological polar surface area (TPSA) is 29.1 Å². The second-order valence-corrected chi connectivity index (χ2v) is 5.19. The third kappa shape index (κ3) is 5.15. The number of carbonyl (C=O) groups excluding carboxylic acids is 1. The Bertz CT molecular complexity index is 437. The van der Waals surface area contributed by atoms with Crippen molar-refractivity contribution in [1.82, 2.24) is 5.32 Å². The molecule has 0 aliphatic heterocycles. The molecule has 5 heteroatoms. The Hall–Kier alpha value is -1.16. The Morgan fingerprint density at radius 3 is 2.58 bits per heavy atom. The van der Waals surface area contributed by atoms with Gasteiger partial charge in [0.15, 0.2) is 0 Å². The van der Waals surface area contributed by atoms with Crippen LogP contribution in [-0.4, -0.2) is 17.8 Å². The van der Waals surface area contributed by atoms with Crippen molar-refractivity contribution in [2.45, 2.75) is 32.7 Å². The van der Waals surface area contributed by atoms with Crippen LogP contribution in [0.3, 0.4) is 0 Å². The maximum atomic E-state index is 13.4. The van der Waals surface area contributed by atoms with Crippen LogP contribution < -0.4 is 5.32 Å². The van der Waals surface area contributed by atoms with Gasteiger partial charge in [0.1, 0.15) is 11.6 Å². The van der Waals surface area contributed by atoms with E-state index in [9.17, 15) is 13.6 Å². The molecule has 2 nitrogen and oxygen atoms in total. The molecule has 0 spiro atoms. The lowest BCUT2D eigenvalue weighted by atomic mass is 10.0. The Labute approximate surface area is 117 Å². The first kappa shape index (κ1) is 15.9. The van der Waals surface area contributed by atoms with Crippen molar-refractivity contribution >= 4 is 17.5 Å². The first-order valence-corrected chi connectivity index (χ1v) is 6.76. The molecule has 19 heavy (non-hydrogen) atoms. The van der Waals surface area contributed by atoms with Crippen LogP contribution in [0, 0.1) is 17.6 Å². The highest BCUT2D eigenvalue weighted by molar-refractivity contribution is 6.17. The lowest BCUT2D eigenvalue weighted by molar-refractivity contribution is -0.121.